The lowest BCUT2D eigenvalue weighted by Crippen LogP contribution is -2.25. The zero-order valence-corrected chi connectivity index (χ0v) is 15.1. The Labute approximate surface area is 161 Å². The molecule has 2 aromatic carbocycles. The topological polar surface area (TPSA) is 107 Å². The fourth-order valence-corrected chi connectivity index (χ4v) is 3.41. The summed E-state index contributed by atoms with van der Waals surface area (Å²) in [6.45, 7) is 1.43. The van der Waals surface area contributed by atoms with Gasteiger partial charge in [0.2, 0.25) is 0 Å². The van der Waals surface area contributed by atoms with Crippen molar-refractivity contribution in [1.29, 1.82) is 5.26 Å². The molecule has 1 amide bonds. The van der Waals surface area contributed by atoms with Gasteiger partial charge in [-0.05, 0) is 29.8 Å². The van der Waals surface area contributed by atoms with Crippen LogP contribution in [0.5, 0.6) is 5.75 Å². The quantitative estimate of drug-likeness (QED) is 0.626. The predicted octanol–water partition coefficient (Wildman–Crippen LogP) is 4.35. The molecule has 0 atom stereocenters. The molecule has 142 valence electrons. The third-order valence-electron chi connectivity index (χ3n) is 4.78. The minimum atomic E-state index is -1.12. The van der Waals surface area contributed by atoms with Gasteiger partial charge in [0, 0.05) is 30.0 Å². The minimum absolute atomic E-state index is 0.144. The van der Waals surface area contributed by atoms with E-state index in [1.54, 1.807) is 24.3 Å². The molecule has 0 spiro atoms. The van der Waals surface area contributed by atoms with E-state index >= 15 is 0 Å². The van der Waals surface area contributed by atoms with Crippen LogP contribution in [0.4, 0.5) is 10.5 Å². The van der Waals surface area contributed by atoms with E-state index in [1.807, 2.05) is 18.2 Å². The van der Waals surface area contributed by atoms with Crippen molar-refractivity contribution in [2.45, 2.75) is 18.9 Å². The third-order valence-corrected chi connectivity index (χ3v) is 4.78. The Bertz CT molecular complexity index is 1040. The van der Waals surface area contributed by atoms with Crippen LogP contribution in [0.25, 0.3) is 22.2 Å². The number of ether oxygens (including phenoxy) is 2. The van der Waals surface area contributed by atoms with Gasteiger partial charge in [-0.2, -0.15) is 5.26 Å². The van der Waals surface area contributed by atoms with Crippen molar-refractivity contribution < 1.29 is 19.4 Å². The highest BCUT2D eigenvalue weighted by Crippen LogP contribution is 2.33. The normalized spacial score (nSPS) is 14.5. The molecule has 1 aliphatic rings. The predicted molar refractivity (Wildman–Crippen MR) is 105 cm³/mol. The molecule has 0 unspecified atom stereocenters. The molecule has 0 radical (unpaired) electrons. The molecule has 7 heteroatoms. The standard InChI is InChI=1S/C21H19N3O4/c22-12-18-17-6-5-16(28-15-7-9-27-10-8-15)11-19(17)24-20(18)13-1-3-14(4-2-13)23-21(25)26/h1-6,11,15,23-24H,7-10H2,(H,25,26). The number of carboxylic acid groups (broad SMARTS) is 1. The monoisotopic (exact) mass is 377 g/mol. The summed E-state index contributed by atoms with van der Waals surface area (Å²) in [5.74, 6) is 0.762. The Morgan fingerprint density at radius 3 is 2.64 bits per heavy atom. The summed E-state index contributed by atoms with van der Waals surface area (Å²) >= 11 is 0. The van der Waals surface area contributed by atoms with E-state index in [4.69, 9.17) is 14.6 Å². The van der Waals surface area contributed by atoms with Crippen LogP contribution in [0.2, 0.25) is 0 Å². The molecule has 0 saturated carbocycles. The highest BCUT2D eigenvalue weighted by molar-refractivity contribution is 5.94. The van der Waals surface area contributed by atoms with E-state index in [0.717, 1.165) is 35.1 Å². The van der Waals surface area contributed by atoms with Crippen molar-refractivity contribution in [3.05, 3.63) is 48.0 Å². The van der Waals surface area contributed by atoms with Gasteiger partial charge in [-0.1, -0.05) is 12.1 Å². The highest BCUT2D eigenvalue weighted by Gasteiger charge is 2.17. The smallest absolute Gasteiger partial charge is 0.409 e. The SMILES string of the molecule is N#Cc1c(-c2ccc(NC(=O)O)cc2)[nH]c2cc(OC3CCOCC3)ccc12. The molecule has 1 fully saturated rings. The summed E-state index contributed by atoms with van der Waals surface area (Å²) in [4.78, 5) is 14.0. The number of hydrogen-bond donors (Lipinski definition) is 3. The Morgan fingerprint density at radius 2 is 1.96 bits per heavy atom. The molecule has 2 heterocycles. The average Bonchev–Trinajstić information content (AvgIpc) is 3.06. The molecule has 3 aromatic rings. The van der Waals surface area contributed by atoms with Crippen LogP contribution in [0.15, 0.2) is 42.5 Å². The Balaban J connectivity index is 1.65. The van der Waals surface area contributed by atoms with Gasteiger partial charge < -0.3 is 19.6 Å². The molecule has 0 aliphatic carbocycles. The van der Waals surface area contributed by atoms with Crippen molar-refractivity contribution in [2.24, 2.45) is 0 Å². The van der Waals surface area contributed by atoms with Crippen LogP contribution in [-0.4, -0.2) is 35.5 Å². The lowest BCUT2D eigenvalue weighted by Gasteiger charge is -2.23. The molecular weight excluding hydrogens is 358 g/mol. The number of aromatic nitrogens is 1. The van der Waals surface area contributed by atoms with Gasteiger partial charge in [0.1, 0.15) is 17.9 Å². The van der Waals surface area contributed by atoms with Crippen molar-refractivity contribution in [3.8, 4) is 23.1 Å². The summed E-state index contributed by atoms with van der Waals surface area (Å²) < 4.78 is 11.4. The van der Waals surface area contributed by atoms with E-state index < -0.39 is 6.09 Å². The number of fused-ring (bicyclic) bond motifs is 1. The maximum atomic E-state index is 10.7. The summed E-state index contributed by atoms with van der Waals surface area (Å²) in [6.07, 6.45) is 0.765. The van der Waals surface area contributed by atoms with Crippen LogP contribution in [0.3, 0.4) is 0 Å². The first-order chi connectivity index (χ1) is 13.6. The molecule has 3 N–H and O–H groups in total. The van der Waals surface area contributed by atoms with Crippen LogP contribution in [0.1, 0.15) is 18.4 Å². The Hall–Kier alpha value is -3.50. The van der Waals surface area contributed by atoms with Crippen LogP contribution < -0.4 is 10.1 Å². The van der Waals surface area contributed by atoms with E-state index in [2.05, 4.69) is 16.4 Å². The number of amides is 1. The summed E-state index contributed by atoms with van der Waals surface area (Å²) in [6, 6.07) is 14.8. The van der Waals surface area contributed by atoms with Gasteiger partial charge in [0.05, 0.1) is 30.0 Å². The second-order valence-electron chi connectivity index (χ2n) is 6.63. The second kappa shape index (κ2) is 7.62. The first-order valence-electron chi connectivity index (χ1n) is 9.04. The van der Waals surface area contributed by atoms with Crippen LogP contribution in [0, 0.1) is 11.3 Å². The van der Waals surface area contributed by atoms with Gasteiger partial charge in [0.25, 0.3) is 0 Å². The third kappa shape index (κ3) is 3.63. The number of nitrogens with one attached hydrogen (secondary N) is 2. The lowest BCUT2D eigenvalue weighted by molar-refractivity contribution is 0.0256. The minimum Gasteiger partial charge on any atom is -0.490 e. The number of nitriles is 1. The summed E-state index contributed by atoms with van der Waals surface area (Å²) in [5, 5.41) is 21.6. The second-order valence-corrected chi connectivity index (χ2v) is 6.63. The number of hydrogen-bond acceptors (Lipinski definition) is 4. The Kier molecular flexibility index (Phi) is 4.87. The van der Waals surface area contributed by atoms with Gasteiger partial charge in [0.15, 0.2) is 0 Å². The first kappa shape index (κ1) is 17.9. The zero-order valence-electron chi connectivity index (χ0n) is 15.1. The number of anilines is 1. The van der Waals surface area contributed by atoms with Crippen LogP contribution >= 0.6 is 0 Å². The lowest BCUT2D eigenvalue weighted by atomic mass is 10.1. The number of benzene rings is 2. The Morgan fingerprint density at radius 1 is 1.21 bits per heavy atom. The molecule has 1 aromatic heterocycles. The average molecular weight is 377 g/mol. The molecule has 7 nitrogen and oxygen atoms in total. The van der Waals surface area contributed by atoms with Crippen molar-refractivity contribution in [1.82, 2.24) is 4.98 Å². The summed E-state index contributed by atoms with van der Waals surface area (Å²) in [7, 11) is 0. The van der Waals surface area contributed by atoms with Gasteiger partial charge in [-0.3, -0.25) is 5.32 Å². The molecule has 4 rings (SSSR count). The van der Waals surface area contributed by atoms with E-state index in [9.17, 15) is 10.1 Å². The number of aromatic amines is 1. The molecule has 1 saturated heterocycles. The first-order valence-corrected chi connectivity index (χ1v) is 9.04. The number of rotatable bonds is 4. The highest BCUT2D eigenvalue weighted by atomic mass is 16.5. The zero-order chi connectivity index (χ0) is 19.5. The van der Waals surface area contributed by atoms with Crippen molar-refractivity contribution >= 4 is 22.7 Å². The van der Waals surface area contributed by atoms with Gasteiger partial charge >= 0.3 is 6.09 Å². The van der Waals surface area contributed by atoms with E-state index in [-0.39, 0.29) is 6.10 Å². The van der Waals surface area contributed by atoms with E-state index in [0.29, 0.717) is 30.2 Å². The van der Waals surface area contributed by atoms with Crippen molar-refractivity contribution in [2.75, 3.05) is 18.5 Å². The van der Waals surface area contributed by atoms with Crippen molar-refractivity contribution in [3.63, 3.8) is 0 Å². The number of nitrogens with zero attached hydrogens (tertiary/aromatic N) is 1. The van der Waals surface area contributed by atoms with E-state index in [1.165, 1.54) is 0 Å². The molecule has 1 aliphatic heterocycles. The maximum absolute atomic E-state index is 10.7. The number of H-pyrrole nitrogens is 1. The van der Waals surface area contributed by atoms with Crippen LogP contribution in [-0.2, 0) is 4.74 Å². The number of carbonyl (C=O) groups is 1. The molecule has 0 bridgehead atoms. The maximum Gasteiger partial charge on any atom is 0.409 e. The largest absolute Gasteiger partial charge is 0.490 e. The molecule has 28 heavy (non-hydrogen) atoms. The van der Waals surface area contributed by atoms with Gasteiger partial charge in [-0.15, -0.1) is 0 Å². The fraction of sp³-hybridized carbons (Fsp3) is 0.238. The molecular formula is C21H19N3O4. The summed E-state index contributed by atoms with van der Waals surface area (Å²) in [5.41, 5.74) is 3.34. The fourth-order valence-electron chi connectivity index (χ4n) is 3.41. The van der Waals surface area contributed by atoms with Gasteiger partial charge in [-0.25, -0.2) is 4.79 Å².